The molecule has 1 aliphatic rings. The van der Waals surface area contributed by atoms with E-state index in [1.54, 1.807) is 0 Å². The third kappa shape index (κ3) is 2.13. The van der Waals surface area contributed by atoms with E-state index in [1.807, 2.05) is 42.5 Å². The summed E-state index contributed by atoms with van der Waals surface area (Å²) in [5, 5.41) is 13.9. The lowest BCUT2D eigenvalue weighted by Gasteiger charge is -2.32. The zero-order valence-electron chi connectivity index (χ0n) is 10.9. The van der Waals surface area contributed by atoms with Gasteiger partial charge in [0.1, 0.15) is 0 Å². The predicted molar refractivity (Wildman–Crippen MR) is 76.4 cm³/mol. The van der Waals surface area contributed by atoms with Crippen LogP contribution < -0.4 is 5.32 Å². The second-order valence-corrected chi connectivity index (χ2v) is 5.14. The quantitative estimate of drug-likeness (QED) is 0.900. The minimum absolute atomic E-state index is 0.194. The lowest BCUT2D eigenvalue weighted by Crippen LogP contribution is -2.41. The fraction of sp³-hybridized carbons (Fsp3) is 0.250. The van der Waals surface area contributed by atoms with Crippen LogP contribution in [0.3, 0.4) is 0 Å². The minimum atomic E-state index is -0.880. The van der Waals surface area contributed by atoms with Crippen LogP contribution in [-0.2, 0) is 9.59 Å². The molecular formula is C16H15NO3. The number of hydrogen-bond donors (Lipinski definition) is 2. The van der Waals surface area contributed by atoms with Crippen LogP contribution in [0.15, 0.2) is 42.5 Å². The fourth-order valence-corrected chi connectivity index (χ4v) is 2.67. The Bertz CT molecular complexity index is 675. The second-order valence-electron chi connectivity index (χ2n) is 5.14. The molecule has 2 aromatic carbocycles. The predicted octanol–water partition coefficient (Wildman–Crippen LogP) is 2.89. The van der Waals surface area contributed by atoms with Crippen molar-refractivity contribution in [1.82, 2.24) is 0 Å². The van der Waals surface area contributed by atoms with E-state index in [0.29, 0.717) is 12.8 Å². The average molecular weight is 269 g/mol. The van der Waals surface area contributed by atoms with Crippen LogP contribution in [0, 0.1) is 11.8 Å². The summed E-state index contributed by atoms with van der Waals surface area (Å²) < 4.78 is 0. The molecule has 0 spiro atoms. The molecule has 4 heteroatoms. The normalized spacial score (nSPS) is 21.2. The van der Waals surface area contributed by atoms with Crippen LogP contribution in [0.4, 0.5) is 5.69 Å². The van der Waals surface area contributed by atoms with Crippen LogP contribution in [0.2, 0.25) is 0 Å². The van der Waals surface area contributed by atoms with Crippen LogP contribution in [0.25, 0.3) is 10.8 Å². The molecule has 4 nitrogen and oxygen atoms in total. The Morgan fingerprint density at radius 2 is 1.70 bits per heavy atom. The molecule has 0 aliphatic heterocycles. The van der Waals surface area contributed by atoms with E-state index in [9.17, 15) is 9.59 Å². The summed E-state index contributed by atoms with van der Waals surface area (Å²) in [6, 6.07) is 13.5. The first kappa shape index (κ1) is 12.7. The monoisotopic (exact) mass is 269 g/mol. The van der Waals surface area contributed by atoms with E-state index in [2.05, 4.69) is 5.32 Å². The molecule has 1 fully saturated rings. The Kier molecular flexibility index (Phi) is 3.14. The van der Waals surface area contributed by atoms with Gasteiger partial charge < -0.3 is 10.4 Å². The molecule has 2 N–H and O–H groups in total. The number of carbonyl (C=O) groups excluding carboxylic acids is 1. The third-order valence-electron chi connectivity index (χ3n) is 3.98. The number of nitrogens with one attached hydrogen (secondary N) is 1. The Labute approximate surface area is 116 Å². The van der Waals surface area contributed by atoms with E-state index in [4.69, 9.17) is 5.11 Å². The van der Waals surface area contributed by atoms with Gasteiger partial charge >= 0.3 is 5.97 Å². The van der Waals surface area contributed by atoms with Gasteiger partial charge in [-0.2, -0.15) is 0 Å². The third-order valence-corrected chi connectivity index (χ3v) is 3.98. The van der Waals surface area contributed by atoms with Gasteiger partial charge in [-0.25, -0.2) is 0 Å². The van der Waals surface area contributed by atoms with Crippen molar-refractivity contribution in [1.29, 1.82) is 0 Å². The van der Waals surface area contributed by atoms with Crippen molar-refractivity contribution in [2.24, 2.45) is 11.8 Å². The summed E-state index contributed by atoms with van der Waals surface area (Å²) in [4.78, 5) is 23.2. The zero-order chi connectivity index (χ0) is 14.1. The molecule has 3 rings (SSSR count). The van der Waals surface area contributed by atoms with Gasteiger partial charge in [0.2, 0.25) is 5.91 Å². The number of carboxylic acids is 1. The Morgan fingerprint density at radius 1 is 1.00 bits per heavy atom. The van der Waals surface area contributed by atoms with Gasteiger partial charge in [0.15, 0.2) is 0 Å². The molecule has 2 aromatic rings. The molecule has 2 atom stereocenters. The van der Waals surface area contributed by atoms with Crippen molar-refractivity contribution in [2.45, 2.75) is 12.8 Å². The van der Waals surface area contributed by atoms with E-state index in [1.165, 1.54) is 0 Å². The van der Waals surface area contributed by atoms with Crippen LogP contribution in [0.1, 0.15) is 12.8 Å². The van der Waals surface area contributed by atoms with Gasteiger partial charge in [-0.15, -0.1) is 0 Å². The summed E-state index contributed by atoms with van der Waals surface area (Å²) in [5.74, 6) is -2.02. The van der Waals surface area contributed by atoms with Crippen molar-refractivity contribution < 1.29 is 14.7 Å². The highest BCUT2D eigenvalue weighted by molar-refractivity contribution is 6.04. The Morgan fingerprint density at radius 3 is 2.40 bits per heavy atom. The van der Waals surface area contributed by atoms with Gasteiger partial charge in [-0.3, -0.25) is 9.59 Å². The maximum atomic E-state index is 12.2. The lowest BCUT2D eigenvalue weighted by molar-refractivity contribution is -0.151. The van der Waals surface area contributed by atoms with Crippen molar-refractivity contribution in [3.8, 4) is 0 Å². The first-order valence-electron chi connectivity index (χ1n) is 6.68. The van der Waals surface area contributed by atoms with Crippen LogP contribution in [0.5, 0.6) is 0 Å². The molecule has 0 saturated heterocycles. The standard InChI is InChI=1S/C16H15NO3/c18-15(12-8-9-13(12)16(19)20)17-14-7-3-5-10-4-1-2-6-11(10)14/h1-7,12-13H,8-9H2,(H,17,18)(H,19,20). The molecule has 2 unspecified atom stereocenters. The number of amides is 1. The summed E-state index contributed by atoms with van der Waals surface area (Å²) in [6.45, 7) is 0. The Balaban J connectivity index is 1.83. The molecule has 1 aliphatic carbocycles. The summed E-state index contributed by atoms with van der Waals surface area (Å²) >= 11 is 0. The number of carbonyl (C=O) groups is 2. The van der Waals surface area contributed by atoms with Crippen molar-refractivity contribution in [2.75, 3.05) is 5.32 Å². The maximum Gasteiger partial charge on any atom is 0.307 e. The number of rotatable bonds is 3. The molecule has 102 valence electrons. The highest BCUT2D eigenvalue weighted by atomic mass is 16.4. The molecule has 0 bridgehead atoms. The number of aliphatic carboxylic acids is 1. The van der Waals surface area contributed by atoms with Crippen molar-refractivity contribution in [3.05, 3.63) is 42.5 Å². The molecule has 0 heterocycles. The minimum Gasteiger partial charge on any atom is -0.481 e. The molecule has 1 amide bonds. The second kappa shape index (κ2) is 4.96. The zero-order valence-corrected chi connectivity index (χ0v) is 10.9. The summed E-state index contributed by atoms with van der Waals surface area (Å²) in [7, 11) is 0. The van der Waals surface area contributed by atoms with Gasteiger partial charge in [0, 0.05) is 11.1 Å². The smallest absolute Gasteiger partial charge is 0.307 e. The van der Waals surface area contributed by atoms with E-state index in [-0.39, 0.29) is 5.91 Å². The maximum absolute atomic E-state index is 12.2. The van der Waals surface area contributed by atoms with E-state index < -0.39 is 17.8 Å². The topological polar surface area (TPSA) is 66.4 Å². The van der Waals surface area contributed by atoms with E-state index >= 15 is 0 Å². The first-order valence-corrected chi connectivity index (χ1v) is 6.68. The van der Waals surface area contributed by atoms with Crippen molar-refractivity contribution in [3.63, 3.8) is 0 Å². The summed E-state index contributed by atoms with van der Waals surface area (Å²) in [5.41, 5.74) is 0.740. The highest BCUT2D eigenvalue weighted by Gasteiger charge is 2.41. The SMILES string of the molecule is O=C(O)C1CCC1C(=O)Nc1cccc2ccccc12. The Hall–Kier alpha value is -2.36. The fourth-order valence-electron chi connectivity index (χ4n) is 2.67. The van der Waals surface area contributed by atoms with Crippen molar-refractivity contribution >= 4 is 28.3 Å². The number of benzene rings is 2. The molecule has 0 radical (unpaired) electrons. The van der Waals surface area contributed by atoms with Gasteiger partial charge in [-0.1, -0.05) is 36.4 Å². The van der Waals surface area contributed by atoms with Crippen LogP contribution >= 0.6 is 0 Å². The first-order chi connectivity index (χ1) is 9.66. The molecule has 0 aromatic heterocycles. The molecule has 1 saturated carbocycles. The van der Waals surface area contributed by atoms with Gasteiger partial charge in [0.05, 0.1) is 11.8 Å². The highest BCUT2D eigenvalue weighted by Crippen LogP contribution is 2.35. The van der Waals surface area contributed by atoms with E-state index in [0.717, 1.165) is 16.5 Å². The number of anilines is 1. The largest absolute Gasteiger partial charge is 0.481 e. The van der Waals surface area contributed by atoms with Crippen LogP contribution in [-0.4, -0.2) is 17.0 Å². The number of carboxylic acid groups (broad SMARTS) is 1. The number of fused-ring (bicyclic) bond motifs is 1. The van der Waals surface area contributed by atoms with Gasteiger partial charge in [0.25, 0.3) is 0 Å². The average Bonchev–Trinajstić information content (AvgIpc) is 2.37. The molecule has 20 heavy (non-hydrogen) atoms. The van der Waals surface area contributed by atoms with Gasteiger partial charge in [-0.05, 0) is 24.3 Å². The molecular weight excluding hydrogens is 254 g/mol. The summed E-state index contributed by atoms with van der Waals surface area (Å²) in [6.07, 6.45) is 1.23. The lowest BCUT2D eigenvalue weighted by atomic mass is 9.73. The number of hydrogen-bond acceptors (Lipinski definition) is 2.